The lowest BCUT2D eigenvalue weighted by molar-refractivity contribution is 0.0990. The molecule has 2 aliphatic carbocycles. The molecular weight excluding hydrogens is 200 g/mol. The maximum atomic E-state index is 9.62. The van der Waals surface area contributed by atoms with Gasteiger partial charge in [-0.1, -0.05) is 12.8 Å². The molecule has 4 N–H and O–H groups in total. The van der Waals surface area contributed by atoms with Crippen LogP contribution in [0.2, 0.25) is 0 Å². The molecule has 3 heteroatoms. The summed E-state index contributed by atoms with van der Waals surface area (Å²) in [6.07, 6.45) is 8.33. The maximum Gasteiger partial charge on any atom is 0.0543 e. The standard InChI is InChI=1S/C13H26N2O/c14-8-11-4-2-6-13(11)15-9-10-3-1-5-12(16)7-10/h10-13,15-16H,1-9,14H2. The summed E-state index contributed by atoms with van der Waals surface area (Å²) in [5, 5.41) is 13.3. The van der Waals surface area contributed by atoms with Gasteiger partial charge in [0, 0.05) is 6.04 Å². The number of nitrogens with one attached hydrogen (secondary N) is 1. The van der Waals surface area contributed by atoms with E-state index >= 15 is 0 Å². The van der Waals surface area contributed by atoms with E-state index in [1.54, 1.807) is 0 Å². The minimum absolute atomic E-state index is 0.0468. The van der Waals surface area contributed by atoms with E-state index in [-0.39, 0.29) is 6.10 Å². The van der Waals surface area contributed by atoms with E-state index in [0.29, 0.717) is 17.9 Å². The highest BCUT2D eigenvalue weighted by atomic mass is 16.3. The first-order valence-corrected chi connectivity index (χ1v) is 6.91. The van der Waals surface area contributed by atoms with Gasteiger partial charge in [0.05, 0.1) is 6.10 Å². The molecule has 4 atom stereocenters. The number of hydrogen-bond donors (Lipinski definition) is 3. The summed E-state index contributed by atoms with van der Waals surface area (Å²) in [4.78, 5) is 0. The molecule has 3 nitrogen and oxygen atoms in total. The third-order valence-electron chi connectivity index (χ3n) is 4.39. The molecule has 0 heterocycles. The normalized spacial score (nSPS) is 40.1. The van der Waals surface area contributed by atoms with Gasteiger partial charge in [-0.25, -0.2) is 0 Å². The minimum Gasteiger partial charge on any atom is -0.393 e. The Morgan fingerprint density at radius 1 is 1.12 bits per heavy atom. The zero-order chi connectivity index (χ0) is 11.4. The first-order valence-electron chi connectivity index (χ1n) is 6.91. The number of aliphatic hydroxyl groups excluding tert-OH is 1. The summed E-state index contributed by atoms with van der Waals surface area (Å²) in [5.74, 6) is 1.37. The molecule has 0 spiro atoms. The van der Waals surface area contributed by atoms with Crippen molar-refractivity contribution in [1.29, 1.82) is 0 Å². The second kappa shape index (κ2) is 5.99. The lowest BCUT2D eigenvalue weighted by Crippen LogP contribution is -2.40. The SMILES string of the molecule is NCC1CCCC1NCC1CCCC(O)C1. The van der Waals surface area contributed by atoms with Crippen molar-refractivity contribution < 1.29 is 5.11 Å². The van der Waals surface area contributed by atoms with Gasteiger partial charge in [-0.3, -0.25) is 0 Å². The Bertz CT molecular complexity index is 210. The van der Waals surface area contributed by atoms with Crippen molar-refractivity contribution >= 4 is 0 Å². The first-order chi connectivity index (χ1) is 7.79. The molecule has 2 aliphatic rings. The van der Waals surface area contributed by atoms with Crippen molar-refractivity contribution in [2.45, 2.75) is 57.1 Å². The smallest absolute Gasteiger partial charge is 0.0543 e. The second-order valence-electron chi connectivity index (χ2n) is 5.63. The number of rotatable bonds is 4. The largest absolute Gasteiger partial charge is 0.393 e. The van der Waals surface area contributed by atoms with Gasteiger partial charge in [0.2, 0.25) is 0 Å². The van der Waals surface area contributed by atoms with Crippen LogP contribution in [-0.2, 0) is 0 Å². The van der Waals surface area contributed by atoms with Gasteiger partial charge in [-0.05, 0) is 57.0 Å². The van der Waals surface area contributed by atoms with Crippen LogP contribution >= 0.6 is 0 Å². The van der Waals surface area contributed by atoms with Crippen molar-refractivity contribution in [2.75, 3.05) is 13.1 Å². The van der Waals surface area contributed by atoms with Crippen molar-refractivity contribution in [3.8, 4) is 0 Å². The first kappa shape index (κ1) is 12.3. The van der Waals surface area contributed by atoms with Crippen LogP contribution < -0.4 is 11.1 Å². The third kappa shape index (κ3) is 3.19. The van der Waals surface area contributed by atoms with E-state index in [9.17, 15) is 5.11 Å². The fraction of sp³-hybridized carbons (Fsp3) is 1.00. The molecule has 94 valence electrons. The zero-order valence-corrected chi connectivity index (χ0v) is 10.2. The topological polar surface area (TPSA) is 58.3 Å². The zero-order valence-electron chi connectivity index (χ0n) is 10.2. The molecule has 0 radical (unpaired) electrons. The predicted octanol–water partition coefficient (Wildman–Crippen LogP) is 1.25. The maximum absolute atomic E-state index is 9.62. The van der Waals surface area contributed by atoms with Crippen molar-refractivity contribution in [3.05, 3.63) is 0 Å². The summed E-state index contributed by atoms with van der Waals surface area (Å²) in [7, 11) is 0. The Kier molecular flexibility index (Phi) is 4.62. The summed E-state index contributed by atoms with van der Waals surface area (Å²) in [6, 6.07) is 0.643. The molecule has 0 amide bonds. The van der Waals surface area contributed by atoms with Gasteiger partial charge in [0.25, 0.3) is 0 Å². The van der Waals surface area contributed by atoms with Gasteiger partial charge >= 0.3 is 0 Å². The Balaban J connectivity index is 1.70. The highest BCUT2D eigenvalue weighted by Crippen LogP contribution is 2.27. The van der Waals surface area contributed by atoms with Crippen molar-refractivity contribution in [2.24, 2.45) is 17.6 Å². The van der Waals surface area contributed by atoms with Crippen LogP contribution in [0.5, 0.6) is 0 Å². The van der Waals surface area contributed by atoms with Crippen LogP contribution in [0.3, 0.4) is 0 Å². The van der Waals surface area contributed by atoms with E-state index in [4.69, 9.17) is 5.73 Å². The van der Waals surface area contributed by atoms with E-state index in [1.807, 2.05) is 0 Å². The Morgan fingerprint density at radius 3 is 2.69 bits per heavy atom. The van der Waals surface area contributed by atoms with E-state index in [2.05, 4.69) is 5.32 Å². The molecule has 0 aromatic carbocycles. The van der Waals surface area contributed by atoms with E-state index < -0.39 is 0 Å². The number of aliphatic hydroxyl groups is 1. The van der Waals surface area contributed by atoms with Gasteiger partial charge < -0.3 is 16.2 Å². The monoisotopic (exact) mass is 226 g/mol. The van der Waals surface area contributed by atoms with Crippen LogP contribution in [0.4, 0.5) is 0 Å². The Morgan fingerprint density at radius 2 is 1.94 bits per heavy atom. The summed E-state index contributed by atoms with van der Waals surface area (Å²) >= 11 is 0. The number of hydrogen-bond acceptors (Lipinski definition) is 3. The van der Waals surface area contributed by atoms with E-state index in [1.165, 1.54) is 32.1 Å². The molecule has 16 heavy (non-hydrogen) atoms. The van der Waals surface area contributed by atoms with Crippen molar-refractivity contribution in [1.82, 2.24) is 5.32 Å². The molecule has 0 aromatic heterocycles. The Hall–Kier alpha value is -0.120. The quantitative estimate of drug-likeness (QED) is 0.676. The molecule has 0 bridgehead atoms. The molecule has 0 aromatic rings. The lowest BCUT2D eigenvalue weighted by Gasteiger charge is -2.28. The fourth-order valence-electron chi connectivity index (χ4n) is 3.35. The molecule has 2 fully saturated rings. The molecule has 0 aliphatic heterocycles. The van der Waals surface area contributed by atoms with Crippen molar-refractivity contribution in [3.63, 3.8) is 0 Å². The molecular formula is C13H26N2O. The third-order valence-corrected chi connectivity index (χ3v) is 4.39. The van der Waals surface area contributed by atoms with Crippen LogP contribution in [0.15, 0.2) is 0 Å². The lowest BCUT2D eigenvalue weighted by atomic mass is 9.87. The van der Waals surface area contributed by atoms with Gasteiger partial charge in [-0.2, -0.15) is 0 Å². The predicted molar refractivity (Wildman–Crippen MR) is 66.2 cm³/mol. The number of nitrogens with two attached hydrogens (primary N) is 1. The summed E-state index contributed by atoms with van der Waals surface area (Å²) in [6.45, 7) is 1.91. The van der Waals surface area contributed by atoms with Gasteiger partial charge in [-0.15, -0.1) is 0 Å². The van der Waals surface area contributed by atoms with Crippen LogP contribution in [0, 0.1) is 11.8 Å². The van der Waals surface area contributed by atoms with Crippen LogP contribution in [0.25, 0.3) is 0 Å². The summed E-state index contributed by atoms with van der Waals surface area (Å²) < 4.78 is 0. The van der Waals surface area contributed by atoms with E-state index in [0.717, 1.165) is 25.9 Å². The molecule has 2 rings (SSSR count). The highest BCUT2D eigenvalue weighted by molar-refractivity contribution is 4.85. The molecule has 2 saturated carbocycles. The van der Waals surface area contributed by atoms with Crippen LogP contribution in [0.1, 0.15) is 44.9 Å². The van der Waals surface area contributed by atoms with Gasteiger partial charge in [0.1, 0.15) is 0 Å². The average molecular weight is 226 g/mol. The molecule has 0 saturated heterocycles. The minimum atomic E-state index is -0.0468. The molecule has 4 unspecified atom stereocenters. The second-order valence-corrected chi connectivity index (χ2v) is 5.63. The van der Waals surface area contributed by atoms with Crippen LogP contribution in [-0.4, -0.2) is 30.3 Å². The fourth-order valence-corrected chi connectivity index (χ4v) is 3.35. The van der Waals surface area contributed by atoms with Gasteiger partial charge in [0.15, 0.2) is 0 Å². The Labute approximate surface area is 98.8 Å². The highest BCUT2D eigenvalue weighted by Gasteiger charge is 2.27. The summed E-state index contributed by atoms with van der Waals surface area (Å²) in [5.41, 5.74) is 5.77. The average Bonchev–Trinajstić information content (AvgIpc) is 2.74.